The zero-order valence-electron chi connectivity index (χ0n) is 10.6. The number of ether oxygens (including phenoxy) is 2. The van der Waals surface area contributed by atoms with E-state index in [4.69, 9.17) is 21.1 Å². The standard InChI is InChI=1S/C15H13ClO3/c1-18-14-6-4-3-5-12(14)11-8-7-10(16)9-13(11)15(17)19-2/h3-9H,1-2H3. The zero-order chi connectivity index (χ0) is 13.8. The molecule has 0 unspecified atom stereocenters. The van der Waals surface area contributed by atoms with Crippen LogP contribution in [0, 0.1) is 0 Å². The van der Waals surface area contributed by atoms with Crippen LogP contribution in [0.5, 0.6) is 5.75 Å². The van der Waals surface area contributed by atoms with E-state index in [0.717, 1.165) is 11.1 Å². The van der Waals surface area contributed by atoms with Gasteiger partial charge in [-0.15, -0.1) is 0 Å². The number of hydrogen-bond donors (Lipinski definition) is 0. The monoisotopic (exact) mass is 276 g/mol. The number of benzene rings is 2. The number of esters is 1. The molecule has 0 saturated heterocycles. The van der Waals surface area contributed by atoms with Crippen LogP contribution in [0.3, 0.4) is 0 Å². The molecule has 98 valence electrons. The van der Waals surface area contributed by atoms with Crippen molar-refractivity contribution < 1.29 is 14.3 Å². The summed E-state index contributed by atoms with van der Waals surface area (Å²) in [5, 5.41) is 0.485. The highest BCUT2D eigenvalue weighted by molar-refractivity contribution is 6.31. The first-order valence-corrected chi connectivity index (χ1v) is 6.06. The quantitative estimate of drug-likeness (QED) is 0.800. The Morgan fingerprint density at radius 3 is 2.47 bits per heavy atom. The van der Waals surface area contributed by atoms with Crippen LogP contribution in [0.1, 0.15) is 10.4 Å². The topological polar surface area (TPSA) is 35.5 Å². The van der Waals surface area contributed by atoms with E-state index in [1.165, 1.54) is 7.11 Å². The van der Waals surface area contributed by atoms with Crippen LogP contribution in [0.2, 0.25) is 5.02 Å². The number of methoxy groups -OCH3 is 2. The van der Waals surface area contributed by atoms with Crippen LogP contribution in [0.4, 0.5) is 0 Å². The molecule has 0 radical (unpaired) electrons. The molecule has 0 bridgehead atoms. The van der Waals surface area contributed by atoms with Crippen LogP contribution >= 0.6 is 11.6 Å². The zero-order valence-corrected chi connectivity index (χ0v) is 11.4. The highest BCUT2D eigenvalue weighted by atomic mass is 35.5. The second-order valence-electron chi connectivity index (χ2n) is 3.88. The summed E-state index contributed by atoms with van der Waals surface area (Å²) in [6.45, 7) is 0. The maximum Gasteiger partial charge on any atom is 0.338 e. The third-order valence-electron chi connectivity index (χ3n) is 2.78. The normalized spacial score (nSPS) is 10.1. The second kappa shape index (κ2) is 5.76. The van der Waals surface area contributed by atoms with Gasteiger partial charge in [-0.1, -0.05) is 35.9 Å². The molecule has 2 rings (SSSR count). The van der Waals surface area contributed by atoms with Gasteiger partial charge in [-0.3, -0.25) is 0 Å². The van der Waals surface area contributed by atoms with E-state index in [0.29, 0.717) is 16.3 Å². The first-order valence-electron chi connectivity index (χ1n) is 5.68. The number of hydrogen-bond acceptors (Lipinski definition) is 3. The van der Waals surface area contributed by atoms with Gasteiger partial charge in [0.05, 0.1) is 19.8 Å². The Kier molecular flexibility index (Phi) is 4.07. The van der Waals surface area contributed by atoms with Crippen molar-refractivity contribution in [3.8, 4) is 16.9 Å². The van der Waals surface area contributed by atoms with Gasteiger partial charge in [0, 0.05) is 10.6 Å². The highest BCUT2D eigenvalue weighted by Gasteiger charge is 2.16. The molecule has 0 aromatic heterocycles. The fraction of sp³-hybridized carbons (Fsp3) is 0.133. The lowest BCUT2D eigenvalue weighted by Gasteiger charge is -2.12. The third kappa shape index (κ3) is 2.71. The molecule has 2 aromatic carbocycles. The van der Waals surface area contributed by atoms with Crippen LogP contribution in [-0.2, 0) is 4.74 Å². The Morgan fingerprint density at radius 2 is 1.79 bits per heavy atom. The van der Waals surface area contributed by atoms with Gasteiger partial charge in [0.25, 0.3) is 0 Å². The molecule has 2 aromatic rings. The average molecular weight is 277 g/mol. The lowest BCUT2D eigenvalue weighted by atomic mass is 9.99. The number of halogens is 1. The molecular weight excluding hydrogens is 264 g/mol. The lowest BCUT2D eigenvalue weighted by Crippen LogP contribution is -2.04. The second-order valence-corrected chi connectivity index (χ2v) is 4.32. The van der Waals surface area contributed by atoms with E-state index < -0.39 is 5.97 Å². The molecule has 0 aliphatic rings. The van der Waals surface area contributed by atoms with Crippen molar-refractivity contribution in [2.24, 2.45) is 0 Å². The maximum absolute atomic E-state index is 11.8. The molecule has 0 aliphatic heterocycles. The van der Waals surface area contributed by atoms with Crippen molar-refractivity contribution in [1.82, 2.24) is 0 Å². The predicted octanol–water partition coefficient (Wildman–Crippen LogP) is 3.80. The van der Waals surface area contributed by atoms with Crippen molar-refractivity contribution >= 4 is 17.6 Å². The van der Waals surface area contributed by atoms with Gasteiger partial charge in [0.2, 0.25) is 0 Å². The van der Waals surface area contributed by atoms with E-state index in [2.05, 4.69) is 0 Å². The van der Waals surface area contributed by atoms with Crippen molar-refractivity contribution in [3.05, 3.63) is 53.1 Å². The van der Waals surface area contributed by atoms with E-state index >= 15 is 0 Å². The van der Waals surface area contributed by atoms with Crippen molar-refractivity contribution in [3.63, 3.8) is 0 Å². The number of carbonyl (C=O) groups excluding carboxylic acids is 1. The summed E-state index contributed by atoms with van der Waals surface area (Å²) < 4.78 is 10.1. The minimum Gasteiger partial charge on any atom is -0.496 e. The predicted molar refractivity (Wildman–Crippen MR) is 74.8 cm³/mol. The minimum absolute atomic E-state index is 0.416. The molecule has 19 heavy (non-hydrogen) atoms. The Morgan fingerprint density at radius 1 is 1.05 bits per heavy atom. The first kappa shape index (κ1) is 13.4. The summed E-state index contributed by atoms with van der Waals surface area (Å²) in [6, 6.07) is 12.6. The molecule has 4 heteroatoms. The fourth-order valence-electron chi connectivity index (χ4n) is 1.90. The summed E-state index contributed by atoms with van der Waals surface area (Å²) >= 11 is 5.94. The highest BCUT2D eigenvalue weighted by Crippen LogP contribution is 2.33. The van der Waals surface area contributed by atoms with Crippen molar-refractivity contribution in [2.45, 2.75) is 0 Å². The summed E-state index contributed by atoms with van der Waals surface area (Å²) in [4.78, 5) is 11.8. The minimum atomic E-state index is -0.427. The molecule has 3 nitrogen and oxygen atoms in total. The summed E-state index contributed by atoms with van der Waals surface area (Å²) in [5.74, 6) is 0.262. The smallest absolute Gasteiger partial charge is 0.338 e. The molecule has 0 heterocycles. The van der Waals surface area contributed by atoms with Gasteiger partial charge in [0.15, 0.2) is 0 Å². The molecule has 0 atom stereocenters. The Hall–Kier alpha value is -2.00. The van der Waals surface area contributed by atoms with Crippen molar-refractivity contribution in [2.75, 3.05) is 14.2 Å². The van der Waals surface area contributed by atoms with Crippen LogP contribution < -0.4 is 4.74 Å². The van der Waals surface area contributed by atoms with E-state index in [1.807, 2.05) is 24.3 Å². The van der Waals surface area contributed by atoms with E-state index in [1.54, 1.807) is 25.3 Å². The summed E-state index contributed by atoms with van der Waals surface area (Å²) in [5.41, 5.74) is 1.97. The van der Waals surface area contributed by atoms with E-state index in [-0.39, 0.29) is 0 Å². The van der Waals surface area contributed by atoms with Crippen LogP contribution in [0.25, 0.3) is 11.1 Å². The molecule has 0 spiro atoms. The molecule has 0 fully saturated rings. The molecular formula is C15H13ClO3. The largest absolute Gasteiger partial charge is 0.496 e. The SMILES string of the molecule is COC(=O)c1cc(Cl)ccc1-c1ccccc1OC. The molecule has 0 N–H and O–H groups in total. The average Bonchev–Trinajstić information content (AvgIpc) is 2.46. The van der Waals surface area contributed by atoms with Crippen molar-refractivity contribution in [1.29, 1.82) is 0 Å². The third-order valence-corrected chi connectivity index (χ3v) is 3.02. The Bertz CT molecular complexity index is 608. The van der Waals surface area contributed by atoms with Gasteiger partial charge in [-0.25, -0.2) is 4.79 Å². The lowest BCUT2D eigenvalue weighted by molar-refractivity contribution is 0.0601. The van der Waals surface area contributed by atoms with Gasteiger partial charge in [0.1, 0.15) is 5.75 Å². The Balaban J connectivity index is 2.65. The Labute approximate surface area is 116 Å². The first-order chi connectivity index (χ1) is 9.17. The summed E-state index contributed by atoms with van der Waals surface area (Å²) in [7, 11) is 2.93. The fourth-order valence-corrected chi connectivity index (χ4v) is 2.07. The summed E-state index contributed by atoms with van der Waals surface area (Å²) in [6.07, 6.45) is 0. The number of para-hydroxylation sites is 1. The number of carbonyl (C=O) groups is 1. The van der Waals surface area contributed by atoms with Gasteiger partial charge < -0.3 is 9.47 Å². The number of rotatable bonds is 3. The molecule has 0 saturated carbocycles. The molecule has 0 amide bonds. The maximum atomic E-state index is 11.8. The van der Waals surface area contributed by atoms with Gasteiger partial charge in [-0.2, -0.15) is 0 Å². The van der Waals surface area contributed by atoms with Gasteiger partial charge >= 0.3 is 5.97 Å². The van der Waals surface area contributed by atoms with E-state index in [9.17, 15) is 4.79 Å². The van der Waals surface area contributed by atoms with Gasteiger partial charge in [-0.05, 0) is 23.8 Å². The molecule has 0 aliphatic carbocycles. The van der Waals surface area contributed by atoms with Crippen LogP contribution in [-0.4, -0.2) is 20.2 Å². The van der Waals surface area contributed by atoms with Crippen LogP contribution in [0.15, 0.2) is 42.5 Å².